The highest BCUT2D eigenvalue weighted by atomic mass is 19.1. The van der Waals surface area contributed by atoms with E-state index in [1.165, 1.54) is 18.7 Å². The van der Waals surface area contributed by atoms with Crippen molar-refractivity contribution in [2.24, 2.45) is 0 Å². The quantitative estimate of drug-likeness (QED) is 0.845. The van der Waals surface area contributed by atoms with Gasteiger partial charge in [-0.25, -0.2) is 4.39 Å². The molecule has 2 rings (SSSR count). The van der Waals surface area contributed by atoms with Crippen LogP contribution in [0.25, 0.3) is 0 Å². The van der Waals surface area contributed by atoms with Crippen molar-refractivity contribution in [2.45, 2.75) is 19.4 Å². The molecule has 0 radical (unpaired) electrons. The molecule has 1 unspecified atom stereocenters. The minimum absolute atomic E-state index is 0.0517. The van der Waals surface area contributed by atoms with Crippen LogP contribution in [-0.2, 0) is 6.42 Å². The highest BCUT2D eigenvalue weighted by Crippen LogP contribution is 2.21. The van der Waals surface area contributed by atoms with Crippen LogP contribution in [0, 0.1) is 5.82 Å². The van der Waals surface area contributed by atoms with Crippen molar-refractivity contribution < 1.29 is 13.9 Å². The monoisotopic (exact) mass is 303 g/mol. The highest BCUT2D eigenvalue weighted by molar-refractivity contribution is 5.31. The highest BCUT2D eigenvalue weighted by Gasteiger charge is 2.11. The number of benzene rings is 2. The summed E-state index contributed by atoms with van der Waals surface area (Å²) < 4.78 is 24.1. The van der Waals surface area contributed by atoms with Gasteiger partial charge in [0.1, 0.15) is 17.3 Å². The van der Waals surface area contributed by atoms with Gasteiger partial charge < -0.3 is 14.8 Å². The first kappa shape index (κ1) is 16.3. The van der Waals surface area contributed by atoms with Gasteiger partial charge in [0.15, 0.2) is 0 Å². The van der Waals surface area contributed by atoms with Crippen LogP contribution in [0.2, 0.25) is 0 Å². The van der Waals surface area contributed by atoms with E-state index in [1.807, 2.05) is 31.2 Å². The summed E-state index contributed by atoms with van der Waals surface area (Å²) in [5.41, 5.74) is 1.87. The first-order valence-electron chi connectivity index (χ1n) is 7.33. The summed E-state index contributed by atoms with van der Waals surface area (Å²) in [6.45, 7) is 2.73. The number of hydrogen-bond acceptors (Lipinski definition) is 3. The number of hydrogen-bond donors (Lipinski definition) is 1. The summed E-state index contributed by atoms with van der Waals surface area (Å²) in [6, 6.07) is 12.9. The van der Waals surface area contributed by atoms with E-state index in [-0.39, 0.29) is 11.9 Å². The lowest BCUT2D eigenvalue weighted by atomic mass is 10.1. The third kappa shape index (κ3) is 4.21. The van der Waals surface area contributed by atoms with Crippen LogP contribution in [0.4, 0.5) is 4.39 Å². The van der Waals surface area contributed by atoms with Gasteiger partial charge in [-0.05, 0) is 43.7 Å². The maximum absolute atomic E-state index is 14.0. The van der Waals surface area contributed by atoms with Gasteiger partial charge in [-0.1, -0.05) is 18.2 Å². The second-order valence-electron chi connectivity index (χ2n) is 5.16. The van der Waals surface area contributed by atoms with Crippen molar-refractivity contribution in [3.63, 3.8) is 0 Å². The average molecular weight is 303 g/mol. The van der Waals surface area contributed by atoms with Gasteiger partial charge in [0.05, 0.1) is 14.2 Å². The van der Waals surface area contributed by atoms with E-state index >= 15 is 0 Å². The van der Waals surface area contributed by atoms with E-state index < -0.39 is 0 Å². The molecule has 0 aromatic heterocycles. The summed E-state index contributed by atoms with van der Waals surface area (Å²) in [5, 5.41) is 3.34. The summed E-state index contributed by atoms with van der Waals surface area (Å²) in [6.07, 6.45) is 0.881. The van der Waals surface area contributed by atoms with Crippen molar-refractivity contribution in [3.05, 3.63) is 59.4 Å². The molecule has 2 aromatic carbocycles. The molecule has 2 aromatic rings. The Morgan fingerprint density at radius 2 is 1.64 bits per heavy atom. The summed E-state index contributed by atoms with van der Waals surface area (Å²) in [5.74, 6) is 1.14. The van der Waals surface area contributed by atoms with Crippen LogP contribution < -0.4 is 14.8 Å². The molecule has 0 spiro atoms. The van der Waals surface area contributed by atoms with Crippen LogP contribution in [0.1, 0.15) is 24.1 Å². The third-order valence-corrected chi connectivity index (χ3v) is 3.70. The van der Waals surface area contributed by atoms with Gasteiger partial charge in [-0.2, -0.15) is 0 Å². The number of rotatable bonds is 7. The number of ether oxygens (including phenoxy) is 2. The van der Waals surface area contributed by atoms with Gasteiger partial charge in [-0.15, -0.1) is 0 Å². The number of halogens is 1. The predicted molar refractivity (Wildman–Crippen MR) is 86.1 cm³/mol. The zero-order valence-corrected chi connectivity index (χ0v) is 13.2. The fourth-order valence-corrected chi connectivity index (χ4v) is 2.32. The molecule has 0 fully saturated rings. The van der Waals surface area contributed by atoms with E-state index in [1.54, 1.807) is 19.2 Å². The molecular formula is C18H22FNO2. The molecule has 0 aliphatic rings. The molecule has 1 N–H and O–H groups in total. The number of nitrogens with one attached hydrogen (secondary N) is 1. The topological polar surface area (TPSA) is 30.5 Å². The fraction of sp³-hybridized carbons (Fsp3) is 0.333. The molecule has 0 bridgehead atoms. The molecule has 0 aliphatic carbocycles. The largest absolute Gasteiger partial charge is 0.497 e. The van der Waals surface area contributed by atoms with Crippen molar-refractivity contribution >= 4 is 0 Å². The predicted octanol–water partition coefficient (Wildman–Crippen LogP) is 3.74. The molecule has 4 heteroatoms. The Hall–Kier alpha value is -2.07. The normalized spacial score (nSPS) is 12.0. The Morgan fingerprint density at radius 1 is 1.00 bits per heavy atom. The van der Waals surface area contributed by atoms with E-state index in [0.717, 1.165) is 18.7 Å². The maximum atomic E-state index is 14.0. The Kier molecular flexibility index (Phi) is 5.78. The number of methoxy groups -OCH3 is 2. The maximum Gasteiger partial charge on any atom is 0.131 e. The van der Waals surface area contributed by atoms with Crippen LogP contribution in [0.3, 0.4) is 0 Å². The lowest BCUT2D eigenvalue weighted by Gasteiger charge is -2.15. The fourth-order valence-electron chi connectivity index (χ4n) is 2.32. The minimum atomic E-state index is -0.246. The van der Waals surface area contributed by atoms with Crippen molar-refractivity contribution in [1.82, 2.24) is 5.32 Å². The lowest BCUT2D eigenvalue weighted by Crippen LogP contribution is -2.22. The Labute approximate surface area is 131 Å². The SMILES string of the molecule is COc1ccc(CCNC(C)c2ccc(OC)cc2F)cc1. The van der Waals surface area contributed by atoms with Gasteiger partial charge in [0.25, 0.3) is 0 Å². The lowest BCUT2D eigenvalue weighted by molar-refractivity contribution is 0.409. The molecule has 0 saturated carbocycles. The van der Waals surface area contributed by atoms with E-state index in [0.29, 0.717) is 11.3 Å². The average Bonchev–Trinajstić information content (AvgIpc) is 2.55. The zero-order chi connectivity index (χ0) is 15.9. The smallest absolute Gasteiger partial charge is 0.131 e. The molecule has 0 saturated heterocycles. The van der Waals surface area contributed by atoms with Crippen LogP contribution >= 0.6 is 0 Å². The summed E-state index contributed by atoms with van der Waals surface area (Å²) >= 11 is 0. The Balaban J connectivity index is 1.88. The second kappa shape index (κ2) is 7.80. The van der Waals surface area contributed by atoms with Crippen LogP contribution in [0.15, 0.2) is 42.5 Å². The van der Waals surface area contributed by atoms with Gasteiger partial charge in [0, 0.05) is 17.7 Å². The molecule has 1 atom stereocenters. The molecule has 3 nitrogen and oxygen atoms in total. The molecule has 118 valence electrons. The van der Waals surface area contributed by atoms with Crippen molar-refractivity contribution in [1.29, 1.82) is 0 Å². The second-order valence-corrected chi connectivity index (χ2v) is 5.16. The standard InChI is InChI=1S/C18H22FNO2/c1-13(17-9-8-16(22-3)12-18(17)19)20-11-10-14-4-6-15(21-2)7-5-14/h4-9,12-13,20H,10-11H2,1-3H3. The minimum Gasteiger partial charge on any atom is -0.497 e. The van der Waals surface area contributed by atoms with Crippen molar-refractivity contribution in [2.75, 3.05) is 20.8 Å². The molecular weight excluding hydrogens is 281 g/mol. The first-order valence-corrected chi connectivity index (χ1v) is 7.33. The first-order chi connectivity index (χ1) is 10.6. The summed E-state index contributed by atoms with van der Waals surface area (Å²) in [4.78, 5) is 0. The molecule has 0 amide bonds. The Morgan fingerprint density at radius 3 is 2.23 bits per heavy atom. The molecule has 0 aliphatic heterocycles. The van der Waals surface area contributed by atoms with Crippen LogP contribution in [-0.4, -0.2) is 20.8 Å². The molecule has 22 heavy (non-hydrogen) atoms. The van der Waals surface area contributed by atoms with E-state index in [9.17, 15) is 4.39 Å². The van der Waals surface area contributed by atoms with E-state index in [2.05, 4.69) is 5.32 Å². The van der Waals surface area contributed by atoms with E-state index in [4.69, 9.17) is 9.47 Å². The van der Waals surface area contributed by atoms with Gasteiger partial charge in [0.2, 0.25) is 0 Å². The summed E-state index contributed by atoms with van der Waals surface area (Å²) in [7, 11) is 3.19. The van der Waals surface area contributed by atoms with Gasteiger partial charge >= 0.3 is 0 Å². The molecule has 0 heterocycles. The van der Waals surface area contributed by atoms with Crippen LogP contribution in [0.5, 0.6) is 11.5 Å². The third-order valence-electron chi connectivity index (χ3n) is 3.70. The zero-order valence-electron chi connectivity index (χ0n) is 13.2. The van der Waals surface area contributed by atoms with Crippen molar-refractivity contribution in [3.8, 4) is 11.5 Å². The van der Waals surface area contributed by atoms with Gasteiger partial charge in [-0.3, -0.25) is 0 Å². The Bertz CT molecular complexity index is 599.